The van der Waals surface area contributed by atoms with Crippen LogP contribution in [0.1, 0.15) is 36.1 Å². The van der Waals surface area contributed by atoms with Gasteiger partial charge in [-0.2, -0.15) is 0 Å². The number of hydrogen-bond acceptors (Lipinski definition) is 2. The maximum Gasteiger partial charge on any atom is 0.227 e. The van der Waals surface area contributed by atoms with Crippen molar-refractivity contribution in [2.75, 3.05) is 0 Å². The highest BCUT2D eigenvalue weighted by molar-refractivity contribution is 5.89. The predicted octanol–water partition coefficient (Wildman–Crippen LogP) is 5.03. The molecule has 0 radical (unpaired) electrons. The van der Waals surface area contributed by atoms with E-state index in [0.29, 0.717) is 13.0 Å². The Morgan fingerprint density at radius 3 is 2.48 bits per heavy atom. The molecule has 0 bridgehead atoms. The molecule has 1 amide bonds. The molecule has 0 aliphatic heterocycles. The Morgan fingerprint density at radius 1 is 1.08 bits per heavy atom. The lowest BCUT2D eigenvalue weighted by atomic mass is 10.0. The normalized spacial score (nSPS) is 11.2. The Balaban J connectivity index is 1.83. The summed E-state index contributed by atoms with van der Waals surface area (Å²) in [6.45, 7) is 8.87. The van der Waals surface area contributed by atoms with Crippen molar-refractivity contribution in [3.63, 3.8) is 0 Å². The molecule has 0 saturated heterocycles. The number of fused-ring (bicyclic) bond motifs is 1. The van der Waals surface area contributed by atoms with Gasteiger partial charge in [0.1, 0.15) is 5.58 Å². The maximum atomic E-state index is 12.9. The van der Waals surface area contributed by atoms with E-state index in [2.05, 4.69) is 52.0 Å². The highest BCUT2D eigenvalue weighted by Gasteiger charge is 2.20. The van der Waals surface area contributed by atoms with E-state index in [4.69, 9.17) is 4.42 Å². The third-order valence-corrected chi connectivity index (χ3v) is 4.82. The Kier molecular flexibility index (Phi) is 4.93. The first-order valence-corrected chi connectivity index (χ1v) is 8.77. The van der Waals surface area contributed by atoms with Gasteiger partial charge in [-0.3, -0.25) is 4.79 Å². The van der Waals surface area contributed by atoms with E-state index >= 15 is 0 Å². The van der Waals surface area contributed by atoms with Gasteiger partial charge < -0.3 is 9.32 Å². The van der Waals surface area contributed by atoms with Crippen LogP contribution in [0.2, 0.25) is 0 Å². The molecule has 1 aromatic heterocycles. The van der Waals surface area contributed by atoms with E-state index < -0.39 is 0 Å². The summed E-state index contributed by atoms with van der Waals surface area (Å²) in [4.78, 5) is 14.9. The van der Waals surface area contributed by atoms with E-state index in [1.165, 1.54) is 5.56 Å². The molecule has 3 nitrogen and oxygen atoms in total. The molecule has 0 atom stereocenters. The Labute approximate surface area is 149 Å². The largest absolute Gasteiger partial charge is 0.464 e. The van der Waals surface area contributed by atoms with Crippen LogP contribution >= 0.6 is 0 Å². The number of hydrogen-bond donors (Lipinski definition) is 0. The number of carbonyl (C=O) groups is 1. The van der Waals surface area contributed by atoms with Gasteiger partial charge in [0.05, 0.1) is 12.7 Å². The van der Waals surface area contributed by atoms with E-state index in [0.717, 1.165) is 27.7 Å². The topological polar surface area (TPSA) is 33.5 Å². The molecule has 0 spiro atoms. The molecule has 130 valence electrons. The van der Waals surface area contributed by atoms with E-state index in [9.17, 15) is 4.79 Å². The van der Waals surface area contributed by atoms with E-state index in [1.54, 1.807) is 6.26 Å². The number of rotatable bonds is 5. The molecule has 0 aliphatic carbocycles. The zero-order valence-electron chi connectivity index (χ0n) is 15.4. The number of furan rings is 1. The summed E-state index contributed by atoms with van der Waals surface area (Å²) < 4.78 is 5.75. The molecule has 0 saturated carbocycles. The van der Waals surface area contributed by atoms with Crippen LogP contribution in [0.15, 0.2) is 53.1 Å². The number of benzene rings is 2. The fourth-order valence-corrected chi connectivity index (χ4v) is 3.13. The second kappa shape index (κ2) is 7.14. The molecular weight excluding hydrogens is 310 g/mol. The van der Waals surface area contributed by atoms with Crippen molar-refractivity contribution in [1.29, 1.82) is 0 Å². The van der Waals surface area contributed by atoms with Crippen molar-refractivity contribution in [3.8, 4) is 0 Å². The average molecular weight is 335 g/mol. The highest BCUT2D eigenvalue weighted by atomic mass is 16.3. The third-order valence-electron chi connectivity index (χ3n) is 4.82. The predicted molar refractivity (Wildman–Crippen MR) is 102 cm³/mol. The summed E-state index contributed by atoms with van der Waals surface area (Å²) in [5.41, 5.74) is 5.34. The second-order valence-corrected chi connectivity index (χ2v) is 6.92. The van der Waals surface area contributed by atoms with Gasteiger partial charge in [0.2, 0.25) is 5.91 Å². The first kappa shape index (κ1) is 17.3. The van der Waals surface area contributed by atoms with Gasteiger partial charge in [-0.05, 0) is 44.4 Å². The SMILES string of the molecule is Cc1ccc2c(CC(=O)N(Cc3ccccc3)C(C)C)coc2c1C. The molecule has 3 heteroatoms. The van der Waals surface area contributed by atoms with Crippen LogP contribution in [0.3, 0.4) is 0 Å². The number of carbonyl (C=O) groups excluding carboxylic acids is 1. The van der Waals surface area contributed by atoms with Gasteiger partial charge in [-0.15, -0.1) is 0 Å². The zero-order chi connectivity index (χ0) is 18.0. The molecule has 2 aromatic carbocycles. The van der Waals surface area contributed by atoms with Crippen molar-refractivity contribution in [2.24, 2.45) is 0 Å². The van der Waals surface area contributed by atoms with Crippen LogP contribution in [0.25, 0.3) is 11.0 Å². The van der Waals surface area contributed by atoms with Crippen LogP contribution in [-0.2, 0) is 17.8 Å². The van der Waals surface area contributed by atoms with Gasteiger partial charge >= 0.3 is 0 Å². The maximum absolute atomic E-state index is 12.9. The second-order valence-electron chi connectivity index (χ2n) is 6.92. The number of nitrogens with zero attached hydrogens (tertiary/aromatic N) is 1. The summed E-state index contributed by atoms with van der Waals surface area (Å²) in [6.07, 6.45) is 2.09. The van der Waals surface area contributed by atoms with Crippen LogP contribution < -0.4 is 0 Å². The lowest BCUT2D eigenvalue weighted by molar-refractivity contribution is -0.132. The van der Waals surface area contributed by atoms with Gasteiger partial charge in [0, 0.05) is 23.5 Å². The number of amides is 1. The molecule has 0 N–H and O–H groups in total. The Morgan fingerprint density at radius 2 is 1.80 bits per heavy atom. The monoisotopic (exact) mass is 335 g/mol. The van der Waals surface area contributed by atoms with Crippen LogP contribution in [0.5, 0.6) is 0 Å². The average Bonchev–Trinajstić information content (AvgIpc) is 3.00. The summed E-state index contributed by atoms with van der Waals surface area (Å²) in [5.74, 6) is 0.125. The smallest absolute Gasteiger partial charge is 0.227 e. The van der Waals surface area contributed by atoms with Crippen LogP contribution in [0.4, 0.5) is 0 Å². The molecule has 25 heavy (non-hydrogen) atoms. The highest BCUT2D eigenvalue weighted by Crippen LogP contribution is 2.27. The fourth-order valence-electron chi connectivity index (χ4n) is 3.13. The van der Waals surface area contributed by atoms with Crippen LogP contribution in [-0.4, -0.2) is 16.8 Å². The minimum atomic E-state index is 0.125. The van der Waals surface area contributed by atoms with Gasteiger partial charge in [-0.1, -0.05) is 42.5 Å². The minimum absolute atomic E-state index is 0.125. The molecule has 0 fully saturated rings. The fraction of sp³-hybridized carbons (Fsp3) is 0.318. The van der Waals surface area contributed by atoms with Crippen molar-refractivity contribution in [3.05, 3.63) is 71.0 Å². The molecule has 3 rings (SSSR count). The van der Waals surface area contributed by atoms with E-state index in [-0.39, 0.29) is 11.9 Å². The Bertz CT molecular complexity index is 878. The molecular formula is C22H25NO2. The summed E-state index contributed by atoms with van der Waals surface area (Å²) in [7, 11) is 0. The third kappa shape index (κ3) is 3.60. The first-order valence-electron chi connectivity index (χ1n) is 8.77. The Hall–Kier alpha value is -2.55. The van der Waals surface area contributed by atoms with Gasteiger partial charge in [-0.25, -0.2) is 0 Å². The van der Waals surface area contributed by atoms with Crippen LogP contribution in [0, 0.1) is 13.8 Å². The van der Waals surface area contributed by atoms with Crippen molar-refractivity contribution in [1.82, 2.24) is 4.90 Å². The summed E-state index contributed by atoms with van der Waals surface area (Å²) >= 11 is 0. The van der Waals surface area contributed by atoms with E-state index in [1.807, 2.05) is 23.1 Å². The molecule has 0 aliphatic rings. The molecule has 1 heterocycles. The standard InChI is InChI=1S/C22H25NO2/c1-15(2)23(13-18-8-6-5-7-9-18)21(24)12-19-14-25-22-17(4)16(3)10-11-20(19)22/h5-11,14-15H,12-13H2,1-4H3. The van der Waals surface area contributed by atoms with Crippen molar-refractivity contribution >= 4 is 16.9 Å². The zero-order valence-corrected chi connectivity index (χ0v) is 15.4. The summed E-state index contributed by atoms with van der Waals surface area (Å²) in [6, 6.07) is 14.4. The quantitative estimate of drug-likeness (QED) is 0.655. The first-order chi connectivity index (χ1) is 12.0. The summed E-state index contributed by atoms with van der Waals surface area (Å²) in [5, 5.41) is 1.04. The molecule has 3 aromatic rings. The lowest BCUT2D eigenvalue weighted by Gasteiger charge is -2.27. The van der Waals surface area contributed by atoms with Crippen molar-refractivity contribution in [2.45, 2.75) is 46.7 Å². The number of aryl methyl sites for hydroxylation is 2. The van der Waals surface area contributed by atoms with Crippen molar-refractivity contribution < 1.29 is 9.21 Å². The minimum Gasteiger partial charge on any atom is -0.464 e. The van der Waals surface area contributed by atoms with Gasteiger partial charge in [0.25, 0.3) is 0 Å². The molecule has 0 unspecified atom stereocenters. The lowest BCUT2D eigenvalue weighted by Crippen LogP contribution is -2.37. The van der Waals surface area contributed by atoms with Gasteiger partial charge in [0.15, 0.2) is 0 Å².